The summed E-state index contributed by atoms with van der Waals surface area (Å²) in [5.74, 6) is -0.216. The van der Waals surface area contributed by atoms with Gasteiger partial charge in [-0.25, -0.2) is 0 Å². The number of carbonyl (C=O) groups excluding carboxylic acids is 1. The summed E-state index contributed by atoms with van der Waals surface area (Å²) in [7, 11) is 0. The van der Waals surface area contributed by atoms with E-state index in [0.29, 0.717) is 5.69 Å². The molecule has 1 N–H and O–H groups in total. The summed E-state index contributed by atoms with van der Waals surface area (Å²) < 4.78 is 4.59. The summed E-state index contributed by atoms with van der Waals surface area (Å²) in [5, 5.41) is 6.09. The number of carbonyl (C=O) groups is 1. The number of aromatic nitrogens is 1. The number of nitrogens with zero attached hydrogens (tertiary/aromatic N) is 1. The Balaban J connectivity index is 1.95. The predicted octanol–water partition coefficient (Wildman–Crippen LogP) is 2.33. The lowest BCUT2D eigenvalue weighted by molar-refractivity contribution is -0.111. The van der Waals surface area contributed by atoms with Crippen LogP contribution in [0.4, 0.5) is 5.69 Å². The van der Waals surface area contributed by atoms with E-state index in [2.05, 4.69) is 15.0 Å². The normalized spacial score (nSPS) is 10.5. The third-order valence-corrected chi connectivity index (χ3v) is 1.93. The number of nitrogens with one attached hydrogen (secondary N) is 1. The van der Waals surface area contributed by atoms with Crippen LogP contribution in [0.1, 0.15) is 5.56 Å². The minimum Gasteiger partial charge on any atom is -0.363 e. The second kappa shape index (κ2) is 4.93. The first kappa shape index (κ1) is 10.2. The van der Waals surface area contributed by atoms with Crippen LogP contribution in [0.25, 0.3) is 6.08 Å². The monoisotopic (exact) mass is 214 g/mol. The number of anilines is 1. The molecule has 80 valence electrons. The zero-order chi connectivity index (χ0) is 11.2. The Bertz CT molecular complexity index is 475. The van der Waals surface area contributed by atoms with Crippen molar-refractivity contribution in [1.82, 2.24) is 5.16 Å². The van der Waals surface area contributed by atoms with Gasteiger partial charge in [-0.05, 0) is 11.6 Å². The van der Waals surface area contributed by atoms with Crippen LogP contribution >= 0.6 is 0 Å². The van der Waals surface area contributed by atoms with Crippen molar-refractivity contribution < 1.29 is 9.32 Å². The lowest BCUT2D eigenvalue weighted by atomic mass is 10.2. The van der Waals surface area contributed by atoms with Crippen LogP contribution in [0.2, 0.25) is 0 Å². The van der Waals surface area contributed by atoms with Gasteiger partial charge >= 0.3 is 0 Å². The molecule has 0 fully saturated rings. The van der Waals surface area contributed by atoms with E-state index in [4.69, 9.17) is 0 Å². The minimum atomic E-state index is -0.216. The van der Waals surface area contributed by atoms with Crippen LogP contribution in [0.5, 0.6) is 0 Å². The zero-order valence-corrected chi connectivity index (χ0v) is 8.46. The van der Waals surface area contributed by atoms with E-state index in [9.17, 15) is 4.79 Å². The molecular formula is C12H10N2O2. The smallest absolute Gasteiger partial charge is 0.248 e. The fourth-order valence-electron chi connectivity index (χ4n) is 1.19. The number of benzene rings is 1. The van der Waals surface area contributed by atoms with Gasteiger partial charge in [-0.3, -0.25) is 4.79 Å². The van der Waals surface area contributed by atoms with E-state index in [1.54, 1.807) is 6.08 Å². The Kier molecular flexibility index (Phi) is 3.13. The maximum atomic E-state index is 11.4. The summed E-state index contributed by atoms with van der Waals surface area (Å²) in [6.45, 7) is 0. The molecule has 0 saturated heterocycles. The van der Waals surface area contributed by atoms with E-state index in [-0.39, 0.29) is 5.91 Å². The van der Waals surface area contributed by atoms with Crippen LogP contribution in [-0.2, 0) is 4.79 Å². The van der Waals surface area contributed by atoms with Crippen LogP contribution in [0.3, 0.4) is 0 Å². The lowest BCUT2D eigenvalue weighted by Crippen LogP contribution is -2.06. The molecule has 0 aliphatic carbocycles. The third-order valence-electron chi connectivity index (χ3n) is 1.93. The molecule has 0 radical (unpaired) electrons. The van der Waals surface area contributed by atoms with Gasteiger partial charge in [0.15, 0.2) is 0 Å². The second-order valence-electron chi connectivity index (χ2n) is 3.15. The predicted molar refractivity (Wildman–Crippen MR) is 60.6 cm³/mol. The van der Waals surface area contributed by atoms with E-state index >= 15 is 0 Å². The Morgan fingerprint density at radius 3 is 2.81 bits per heavy atom. The molecule has 2 aromatic rings. The molecule has 1 heterocycles. The van der Waals surface area contributed by atoms with Crippen molar-refractivity contribution >= 4 is 17.7 Å². The van der Waals surface area contributed by atoms with Gasteiger partial charge < -0.3 is 9.84 Å². The molecule has 2 rings (SSSR count). The van der Waals surface area contributed by atoms with E-state index in [1.165, 1.54) is 18.5 Å². The maximum Gasteiger partial charge on any atom is 0.248 e. The Morgan fingerprint density at radius 2 is 2.12 bits per heavy atom. The Labute approximate surface area is 92.6 Å². The lowest BCUT2D eigenvalue weighted by Gasteiger charge is -1.95. The molecule has 4 nitrogen and oxygen atoms in total. The quantitative estimate of drug-likeness (QED) is 0.798. The van der Waals surface area contributed by atoms with Crippen molar-refractivity contribution in [2.45, 2.75) is 0 Å². The van der Waals surface area contributed by atoms with Crippen LogP contribution in [0.15, 0.2) is 53.4 Å². The molecule has 0 aliphatic heterocycles. The Morgan fingerprint density at radius 1 is 1.31 bits per heavy atom. The summed E-state index contributed by atoms with van der Waals surface area (Å²) in [6, 6.07) is 9.59. The SMILES string of the molecule is O=C(/C=C/c1ccccc1)Nc1cnoc1. The number of amides is 1. The molecule has 0 aliphatic rings. The highest BCUT2D eigenvalue weighted by atomic mass is 16.5. The second-order valence-corrected chi connectivity index (χ2v) is 3.15. The summed E-state index contributed by atoms with van der Waals surface area (Å²) in [6.07, 6.45) is 6.01. The van der Waals surface area contributed by atoms with Crippen LogP contribution in [0, 0.1) is 0 Å². The molecule has 0 spiro atoms. The van der Waals surface area contributed by atoms with Crippen molar-refractivity contribution in [3.05, 3.63) is 54.4 Å². The molecule has 1 amide bonds. The molecule has 16 heavy (non-hydrogen) atoms. The van der Waals surface area contributed by atoms with Crippen LogP contribution in [-0.4, -0.2) is 11.1 Å². The third kappa shape index (κ3) is 2.81. The van der Waals surface area contributed by atoms with Crippen molar-refractivity contribution in [2.75, 3.05) is 5.32 Å². The van der Waals surface area contributed by atoms with Gasteiger partial charge in [0.1, 0.15) is 12.0 Å². The first-order valence-electron chi connectivity index (χ1n) is 4.78. The van der Waals surface area contributed by atoms with Crippen molar-refractivity contribution in [3.63, 3.8) is 0 Å². The van der Waals surface area contributed by atoms with Crippen LogP contribution < -0.4 is 5.32 Å². The molecule has 0 atom stereocenters. The topological polar surface area (TPSA) is 55.1 Å². The fourth-order valence-corrected chi connectivity index (χ4v) is 1.19. The highest BCUT2D eigenvalue weighted by Gasteiger charge is 1.98. The average Bonchev–Trinajstić information content (AvgIpc) is 2.81. The maximum absolute atomic E-state index is 11.4. The standard InChI is InChI=1S/C12H10N2O2/c15-12(14-11-8-13-16-9-11)7-6-10-4-2-1-3-5-10/h1-9H,(H,14,15)/b7-6+. The fraction of sp³-hybridized carbons (Fsp3) is 0. The Hall–Kier alpha value is -2.36. The number of rotatable bonds is 3. The minimum absolute atomic E-state index is 0.216. The van der Waals surface area contributed by atoms with Gasteiger partial charge in [-0.2, -0.15) is 0 Å². The van der Waals surface area contributed by atoms with Gasteiger partial charge in [0, 0.05) is 6.08 Å². The molecule has 1 aromatic carbocycles. The summed E-state index contributed by atoms with van der Waals surface area (Å²) in [5.41, 5.74) is 1.52. The highest BCUT2D eigenvalue weighted by Crippen LogP contribution is 2.05. The zero-order valence-electron chi connectivity index (χ0n) is 8.46. The first-order chi connectivity index (χ1) is 7.84. The van der Waals surface area contributed by atoms with E-state index < -0.39 is 0 Å². The van der Waals surface area contributed by atoms with Gasteiger partial charge in [-0.1, -0.05) is 35.5 Å². The summed E-state index contributed by atoms with van der Waals surface area (Å²) in [4.78, 5) is 11.4. The van der Waals surface area contributed by atoms with E-state index in [0.717, 1.165) is 5.56 Å². The van der Waals surface area contributed by atoms with Gasteiger partial charge in [-0.15, -0.1) is 0 Å². The summed E-state index contributed by atoms with van der Waals surface area (Å²) >= 11 is 0. The molecule has 0 saturated carbocycles. The van der Waals surface area contributed by atoms with Crippen molar-refractivity contribution in [2.24, 2.45) is 0 Å². The van der Waals surface area contributed by atoms with Gasteiger partial charge in [0.05, 0.1) is 6.20 Å². The first-order valence-corrected chi connectivity index (χ1v) is 4.78. The highest BCUT2D eigenvalue weighted by molar-refractivity contribution is 6.01. The van der Waals surface area contributed by atoms with Crippen molar-refractivity contribution in [1.29, 1.82) is 0 Å². The number of hydrogen-bond donors (Lipinski definition) is 1. The average molecular weight is 214 g/mol. The largest absolute Gasteiger partial charge is 0.363 e. The molecule has 1 aromatic heterocycles. The molecule has 0 unspecified atom stereocenters. The van der Waals surface area contributed by atoms with Crippen molar-refractivity contribution in [3.8, 4) is 0 Å². The molecule has 0 bridgehead atoms. The number of hydrogen-bond acceptors (Lipinski definition) is 3. The molecule has 4 heteroatoms. The van der Waals surface area contributed by atoms with Gasteiger partial charge in [0.25, 0.3) is 0 Å². The van der Waals surface area contributed by atoms with E-state index in [1.807, 2.05) is 30.3 Å². The molecular weight excluding hydrogens is 204 g/mol. The van der Waals surface area contributed by atoms with Gasteiger partial charge in [0.2, 0.25) is 5.91 Å².